The third kappa shape index (κ3) is 3.83. The van der Waals surface area contributed by atoms with Crippen molar-refractivity contribution in [2.45, 2.75) is 45.1 Å². The van der Waals surface area contributed by atoms with Crippen molar-refractivity contribution in [3.63, 3.8) is 0 Å². The summed E-state index contributed by atoms with van der Waals surface area (Å²) in [6, 6.07) is 20.2. The Balaban J connectivity index is 1.66. The summed E-state index contributed by atoms with van der Waals surface area (Å²) in [7, 11) is 4.21. The predicted molar refractivity (Wildman–Crippen MR) is 141 cm³/mol. The van der Waals surface area contributed by atoms with E-state index in [0.29, 0.717) is 5.56 Å². The fraction of sp³-hybridized carbons (Fsp3) is 0.367. The van der Waals surface area contributed by atoms with Crippen LogP contribution in [0.2, 0.25) is 0 Å². The molecule has 3 aromatic rings. The van der Waals surface area contributed by atoms with Gasteiger partial charge in [0.1, 0.15) is 11.5 Å². The van der Waals surface area contributed by atoms with Gasteiger partial charge < -0.3 is 19.3 Å². The number of ether oxygens (including phenoxy) is 2. The molecule has 2 heterocycles. The second kappa shape index (κ2) is 9.29. The molecule has 2 aliphatic heterocycles. The van der Waals surface area contributed by atoms with Gasteiger partial charge in [-0.3, -0.25) is 0 Å². The summed E-state index contributed by atoms with van der Waals surface area (Å²) in [5.41, 5.74) is 4.37. The first-order valence-corrected chi connectivity index (χ1v) is 12.7. The first-order chi connectivity index (χ1) is 17.0. The Morgan fingerprint density at radius 3 is 1.83 bits per heavy atom. The minimum Gasteiger partial charge on any atom is -0.456 e. The average molecular weight is 471 g/mol. The summed E-state index contributed by atoms with van der Waals surface area (Å²) in [5, 5.41) is 0. The maximum atomic E-state index is 13.1. The fourth-order valence-corrected chi connectivity index (χ4v) is 5.18. The lowest BCUT2D eigenvalue weighted by molar-refractivity contribution is 0.0224. The quantitative estimate of drug-likeness (QED) is 0.342. The van der Waals surface area contributed by atoms with Gasteiger partial charge in [-0.1, -0.05) is 44.9 Å². The normalized spacial score (nSPS) is 14.6. The number of carbonyl (C=O) groups excluding carboxylic acids is 1. The largest absolute Gasteiger partial charge is 0.456 e. The molecule has 0 aromatic heterocycles. The summed E-state index contributed by atoms with van der Waals surface area (Å²) in [6.07, 6.45) is 4.53. The van der Waals surface area contributed by atoms with E-state index in [2.05, 4.69) is 74.1 Å². The standard InChI is InChI=1S/C30H34N2O3/c1-5-7-17-31(3)21-13-15-25-27(19-21)34-28-20-22(32(4)18-8-6-2)14-16-26(28)30(25)24-12-10-9-11-23(24)29(33)35-30/h9-16,19-20H,5-8,17-18H2,1-4H3. The molecule has 3 aromatic carbocycles. The zero-order valence-corrected chi connectivity index (χ0v) is 21.1. The van der Waals surface area contributed by atoms with Gasteiger partial charge in [-0.25, -0.2) is 4.79 Å². The molecular formula is C30H34N2O3. The van der Waals surface area contributed by atoms with Crippen molar-refractivity contribution < 1.29 is 14.3 Å². The van der Waals surface area contributed by atoms with Gasteiger partial charge in [0.05, 0.1) is 5.56 Å². The highest BCUT2D eigenvalue weighted by Crippen LogP contribution is 2.57. The summed E-state index contributed by atoms with van der Waals surface area (Å²) in [4.78, 5) is 17.6. The van der Waals surface area contributed by atoms with Crippen LogP contribution in [0.1, 0.15) is 66.6 Å². The van der Waals surface area contributed by atoms with E-state index < -0.39 is 5.60 Å². The molecule has 0 unspecified atom stereocenters. The van der Waals surface area contributed by atoms with Crippen LogP contribution < -0.4 is 14.5 Å². The van der Waals surface area contributed by atoms with Crippen molar-refractivity contribution in [1.82, 2.24) is 0 Å². The molecule has 0 saturated carbocycles. The molecule has 0 atom stereocenters. The molecule has 0 bridgehead atoms. The van der Waals surface area contributed by atoms with Crippen molar-refractivity contribution in [2.24, 2.45) is 0 Å². The van der Waals surface area contributed by atoms with E-state index >= 15 is 0 Å². The lowest BCUT2D eigenvalue weighted by Gasteiger charge is -2.37. The second-order valence-corrected chi connectivity index (χ2v) is 9.63. The second-order valence-electron chi connectivity index (χ2n) is 9.63. The third-order valence-electron chi connectivity index (χ3n) is 7.26. The predicted octanol–water partition coefficient (Wildman–Crippen LogP) is 6.73. The average Bonchev–Trinajstić information content (AvgIpc) is 3.18. The molecule has 0 saturated heterocycles. The SMILES string of the molecule is CCCCN(C)c1ccc2c(c1)Oc1cc(N(C)CCCC)ccc1C21OC(=O)c2ccccc21. The molecular weight excluding hydrogens is 436 g/mol. The molecule has 5 rings (SSSR count). The minimum absolute atomic E-state index is 0.298. The van der Waals surface area contributed by atoms with Gasteiger partial charge in [-0.05, 0) is 43.2 Å². The van der Waals surface area contributed by atoms with Crippen LogP contribution in [-0.2, 0) is 10.3 Å². The Hall–Kier alpha value is -3.47. The number of esters is 1. The van der Waals surface area contributed by atoms with E-state index in [9.17, 15) is 4.79 Å². The number of rotatable bonds is 8. The van der Waals surface area contributed by atoms with Gasteiger partial charge in [0, 0.05) is 67.4 Å². The molecule has 5 heteroatoms. The molecule has 5 nitrogen and oxygen atoms in total. The molecule has 0 amide bonds. The van der Waals surface area contributed by atoms with Crippen molar-refractivity contribution in [3.05, 3.63) is 82.9 Å². The number of hydrogen-bond donors (Lipinski definition) is 0. The minimum atomic E-state index is -1.02. The number of hydrogen-bond acceptors (Lipinski definition) is 5. The van der Waals surface area contributed by atoms with Crippen LogP contribution in [0.15, 0.2) is 60.7 Å². The van der Waals surface area contributed by atoms with Crippen LogP contribution in [0.25, 0.3) is 0 Å². The Morgan fingerprint density at radius 1 is 0.743 bits per heavy atom. The van der Waals surface area contributed by atoms with Gasteiger partial charge in [-0.15, -0.1) is 0 Å². The van der Waals surface area contributed by atoms with E-state index in [-0.39, 0.29) is 5.97 Å². The number of nitrogens with zero attached hydrogens (tertiary/aromatic N) is 2. The molecule has 1 spiro atoms. The Bertz CT molecular complexity index is 1190. The van der Waals surface area contributed by atoms with Crippen LogP contribution >= 0.6 is 0 Å². The first-order valence-electron chi connectivity index (χ1n) is 12.7. The van der Waals surface area contributed by atoms with E-state index in [0.717, 1.165) is 78.3 Å². The number of fused-ring (bicyclic) bond motifs is 6. The zero-order valence-electron chi connectivity index (χ0n) is 21.1. The lowest BCUT2D eigenvalue weighted by atomic mass is 9.77. The van der Waals surface area contributed by atoms with Gasteiger partial charge >= 0.3 is 5.97 Å². The summed E-state index contributed by atoms with van der Waals surface area (Å²) in [5.74, 6) is 1.17. The Kier molecular flexibility index (Phi) is 6.18. The smallest absolute Gasteiger partial charge is 0.340 e. The number of unbranched alkanes of at least 4 members (excludes halogenated alkanes) is 2. The van der Waals surface area contributed by atoms with E-state index in [1.165, 1.54) is 0 Å². The summed E-state index contributed by atoms with van der Waals surface area (Å²) in [6.45, 7) is 6.35. The monoisotopic (exact) mass is 470 g/mol. The topological polar surface area (TPSA) is 42.0 Å². The molecule has 0 radical (unpaired) electrons. The fourth-order valence-electron chi connectivity index (χ4n) is 5.18. The number of anilines is 2. The van der Waals surface area contributed by atoms with Crippen LogP contribution in [-0.4, -0.2) is 33.2 Å². The van der Waals surface area contributed by atoms with Crippen LogP contribution in [0.3, 0.4) is 0 Å². The summed E-state index contributed by atoms with van der Waals surface area (Å²) < 4.78 is 12.9. The van der Waals surface area contributed by atoms with E-state index in [1.54, 1.807) is 0 Å². The first kappa shape index (κ1) is 23.3. The number of carbonyl (C=O) groups is 1. The van der Waals surface area contributed by atoms with Gasteiger partial charge in [0.15, 0.2) is 5.60 Å². The maximum absolute atomic E-state index is 13.1. The highest BCUT2D eigenvalue weighted by Gasteiger charge is 2.53. The van der Waals surface area contributed by atoms with E-state index in [4.69, 9.17) is 9.47 Å². The number of benzene rings is 3. The lowest BCUT2D eigenvalue weighted by Crippen LogP contribution is -2.33. The van der Waals surface area contributed by atoms with Crippen molar-refractivity contribution in [2.75, 3.05) is 37.0 Å². The van der Waals surface area contributed by atoms with Crippen molar-refractivity contribution in [3.8, 4) is 11.5 Å². The van der Waals surface area contributed by atoms with E-state index in [1.807, 2.05) is 24.3 Å². The molecule has 2 aliphatic rings. The van der Waals surface area contributed by atoms with Crippen LogP contribution in [0, 0.1) is 0 Å². The zero-order chi connectivity index (χ0) is 24.6. The molecule has 0 N–H and O–H groups in total. The molecule has 35 heavy (non-hydrogen) atoms. The molecule has 0 fully saturated rings. The molecule has 0 aliphatic carbocycles. The van der Waals surface area contributed by atoms with Crippen molar-refractivity contribution in [1.29, 1.82) is 0 Å². The van der Waals surface area contributed by atoms with Crippen LogP contribution in [0.5, 0.6) is 11.5 Å². The third-order valence-corrected chi connectivity index (χ3v) is 7.26. The molecule has 182 valence electrons. The van der Waals surface area contributed by atoms with Crippen LogP contribution in [0.4, 0.5) is 11.4 Å². The summed E-state index contributed by atoms with van der Waals surface area (Å²) >= 11 is 0. The Labute approximate surface area is 208 Å². The van der Waals surface area contributed by atoms with Gasteiger partial charge in [0.2, 0.25) is 0 Å². The van der Waals surface area contributed by atoms with Crippen molar-refractivity contribution >= 4 is 17.3 Å². The highest BCUT2D eigenvalue weighted by molar-refractivity contribution is 5.97. The van der Waals surface area contributed by atoms with Gasteiger partial charge in [0.25, 0.3) is 0 Å². The van der Waals surface area contributed by atoms with Gasteiger partial charge in [-0.2, -0.15) is 0 Å². The highest BCUT2D eigenvalue weighted by atomic mass is 16.6. The maximum Gasteiger partial charge on any atom is 0.340 e. The Morgan fingerprint density at radius 2 is 1.29 bits per heavy atom.